The van der Waals surface area contributed by atoms with Crippen LogP contribution in [0, 0.1) is 13.8 Å². The molecule has 3 aromatic rings. The molecule has 0 unspecified atom stereocenters. The number of nitrogens with zero attached hydrogens (tertiary/aromatic N) is 3. The van der Waals surface area contributed by atoms with Crippen molar-refractivity contribution in [3.8, 4) is 11.3 Å². The predicted octanol–water partition coefficient (Wildman–Crippen LogP) is 3.97. The molecule has 0 atom stereocenters. The number of pyridine rings is 1. The minimum absolute atomic E-state index is 0.316. The molecule has 0 saturated carbocycles. The van der Waals surface area contributed by atoms with Crippen LogP contribution in [-0.4, -0.2) is 54.4 Å². The SMILES string of the molecule is Cc1noc(C)c1-c1cc2cc(C(C)C)oc2c(NCCN2CCOCC2)n1. The molecule has 0 spiro atoms. The minimum Gasteiger partial charge on any atom is -0.457 e. The predicted molar refractivity (Wildman–Crippen MR) is 109 cm³/mol. The van der Waals surface area contributed by atoms with Crippen LogP contribution >= 0.6 is 0 Å². The summed E-state index contributed by atoms with van der Waals surface area (Å²) in [6, 6.07) is 4.17. The van der Waals surface area contributed by atoms with Gasteiger partial charge in [-0.15, -0.1) is 0 Å². The topological polar surface area (TPSA) is 76.6 Å². The van der Waals surface area contributed by atoms with Gasteiger partial charge in [-0.1, -0.05) is 19.0 Å². The second kappa shape index (κ2) is 7.93. The molecule has 7 heteroatoms. The van der Waals surface area contributed by atoms with Crippen LogP contribution in [0.2, 0.25) is 0 Å². The monoisotopic (exact) mass is 384 g/mol. The highest BCUT2D eigenvalue weighted by Crippen LogP contribution is 2.34. The molecule has 0 aliphatic carbocycles. The zero-order valence-corrected chi connectivity index (χ0v) is 17.0. The second-order valence-electron chi connectivity index (χ2n) is 7.66. The first kappa shape index (κ1) is 19.0. The van der Waals surface area contributed by atoms with Crippen LogP contribution in [-0.2, 0) is 4.74 Å². The van der Waals surface area contributed by atoms with Crippen molar-refractivity contribution in [2.45, 2.75) is 33.6 Å². The second-order valence-corrected chi connectivity index (χ2v) is 7.66. The Bertz CT molecular complexity index is 935. The number of fused-ring (bicyclic) bond motifs is 1. The van der Waals surface area contributed by atoms with E-state index >= 15 is 0 Å². The normalized spacial score (nSPS) is 15.6. The number of aryl methyl sites for hydroxylation is 2. The number of anilines is 1. The van der Waals surface area contributed by atoms with Crippen molar-refractivity contribution in [2.75, 3.05) is 44.7 Å². The fourth-order valence-corrected chi connectivity index (χ4v) is 3.61. The van der Waals surface area contributed by atoms with Crippen molar-refractivity contribution in [3.63, 3.8) is 0 Å². The Morgan fingerprint density at radius 1 is 1.18 bits per heavy atom. The maximum Gasteiger partial charge on any atom is 0.176 e. The number of hydrogen-bond donors (Lipinski definition) is 1. The van der Waals surface area contributed by atoms with Gasteiger partial charge in [-0.05, 0) is 26.0 Å². The third-order valence-corrected chi connectivity index (χ3v) is 5.20. The number of furan rings is 1. The minimum atomic E-state index is 0.316. The highest BCUT2D eigenvalue weighted by Gasteiger charge is 2.19. The molecule has 150 valence electrons. The summed E-state index contributed by atoms with van der Waals surface area (Å²) in [5.74, 6) is 2.82. The van der Waals surface area contributed by atoms with Crippen LogP contribution in [0.15, 0.2) is 21.1 Å². The summed E-state index contributed by atoms with van der Waals surface area (Å²) in [5, 5.41) is 8.62. The number of nitrogens with one attached hydrogen (secondary N) is 1. The lowest BCUT2D eigenvalue weighted by Gasteiger charge is -2.26. The first-order valence-corrected chi connectivity index (χ1v) is 9.94. The molecular weight excluding hydrogens is 356 g/mol. The molecule has 1 aliphatic rings. The molecule has 1 N–H and O–H groups in total. The zero-order valence-electron chi connectivity index (χ0n) is 17.0. The Labute approximate surface area is 165 Å². The molecule has 0 aromatic carbocycles. The van der Waals surface area contributed by atoms with Gasteiger partial charge in [0.25, 0.3) is 0 Å². The number of aromatic nitrogens is 2. The van der Waals surface area contributed by atoms with Crippen molar-refractivity contribution in [1.82, 2.24) is 15.0 Å². The van der Waals surface area contributed by atoms with Gasteiger partial charge in [0.2, 0.25) is 0 Å². The summed E-state index contributed by atoms with van der Waals surface area (Å²) in [7, 11) is 0. The summed E-state index contributed by atoms with van der Waals surface area (Å²) in [6.07, 6.45) is 0. The van der Waals surface area contributed by atoms with Crippen LogP contribution in [0.1, 0.15) is 37.0 Å². The molecule has 1 saturated heterocycles. The summed E-state index contributed by atoms with van der Waals surface area (Å²) < 4.78 is 16.9. The molecule has 0 radical (unpaired) electrons. The zero-order chi connectivity index (χ0) is 19.7. The maximum absolute atomic E-state index is 6.14. The van der Waals surface area contributed by atoms with Gasteiger partial charge in [-0.25, -0.2) is 4.98 Å². The molecule has 1 aliphatic heterocycles. The largest absolute Gasteiger partial charge is 0.457 e. The molecule has 3 aromatic heterocycles. The van der Waals surface area contributed by atoms with Gasteiger partial charge in [0, 0.05) is 37.5 Å². The van der Waals surface area contributed by atoms with Gasteiger partial charge in [-0.3, -0.25) is 4.90 Å². The van der Waals surface area contributed by atoms with Crippen LogP contribution < -0.4 is 5.32 Å². The van der Waals surface area contributed by atoms with Crippen LogP contribution in [0.4, 0.5) is 5.82 Å². The summed E-state index contributed by atoms with van der Waals surface area (Å²) in [6.45, 7) is 13.4. The molecule has 7 nitrogen and oxygen atoms in total. The van der Waals surface area contributed by atoms with Crippen molar-refractivity contribution in [3.05, 3.63) is 29.3 Å². The molecular formula is C21H28N4O3. The van der Waals surface area contributed by atoms with Gasteiger partial charge in [0.05, 0.1) is 30.2 Å². The lowest BCUT2D eigenvalue weighted by Crippen LogP contribution is -2.39. The van der Waals surface area contributed by atoms with Gasteiger partial charge in [0.1, 0.15) is 11.5 Å². The van der Waals surface area contributed by atoms with Gasteiger partial charge in [-0.2, -0.15) is 0 Å². The Balaban J connectivity index is 1.66. The van der Waals surface area contributed by atoms with E-state index in [0.29, 0.717) is 5.92 Å². The van der Waals surface area contributed by atoms with Crippen molar-refractivity contribution >= 4 is 16.8 Å². The smallest absolute Gasteiger partial charge is 0.176 e. The van der Waals surface area contributed by atoms with E-state index < -0.39 is 0 Å². The quantitative estimate of drug-likeness (QED) is 0.689. The van der Waals surface area contributed by atoms with E-state index in [4.69, 9.17) is 18.7 Å². The summed E-state index contributed by atoms with van der Waals surface area (Å²) >= 11 is 0. The molecule has 1 fully saturated rings. The molecule has 0 bridgehead atoms. The molecule has 28 heavy (non-hydrogen) atoms. The van der Waals surface area contributed by atoms with Crippen molar-refractivity contribution < 1.29 is 13.7 Å². The lowest BCUT2D eigenvalue weighted by atomic mass is 10.1. The average molecular weight is 384 g/mol. The standard InChI is InChI=1S/C21H28N4O3/c1-13(2)18-12-16-11-17(19-14(3)24-28-15(19)4)23-21(20(16)27-18)22-5-6-25-7-9-26-10-8-25/h11-13H,5-10H2,1-4H3,(H,22,23). The van der Waals surface area contributed by atoms with Crippen molar-refractivity contribution in [1.29, 1.82) is 0 Å². The fraction of sp³-hybridized carbons (Fsp3) is 0.524. The number of ether oxygens (including phenoxy) is 1. The Hall–Kier alpha value is -2.38. The van der Waals surface area contributed by atoms with E-state index in [-0.39, 0.29) is 0 Å². The number of hydrogen-bond acceptors (Lipinski definition) is 7. The summed E-state index contributed by atoms with van der Waals surface area (Å²) in [5.41, 5.74) is 3.46. The number of morpholine rings is 1. The van der Waals surface area contributed by atoms with E-state index in [1.165, 1.54) is 0 Å². The van der Waals surface area contributed by atoms with E-state index in [0.717, 1.165) is 84.7 Å². The van der Waals surface area contributed by atoms with E-state index in [2.05, 4.69) is 41.4 Å². The van der Waals surface area contributed by atoms with Crippen LogP contribution in [0.25, 0.3) is 22.2 Å². The summed E-state index contributed by atoms with van der Waals surface area (Å²) in [4.78, 5) is 7.27. The fourth-order valence-electron chi connectivity index (χ4n) is 3.61. The molecule has 4 rings (SSSR count). The lowest BCUT2D eigenvalue weighted by molar-refractivity contribution is 0.0398. The van der Waals surface area contributed by atoms with Gasteiger partial charge >= 0.3 is 0 Å². The Kier molecular flexibility index (Phi) is 5.37. The van der Waals surface area contributed by atoms with Gasteiger partial charge in [0.15, 0.2) is 11.4 Å². The molecule has 4 heterocycles. The number of rotatable bonds is 6. The third kappa shape index (κ3) is 3.77. The highest BCUT2D eigenvalue weighted by atomic mass is 16.5. The third-order valence-electron chi connectivity index (χ3n) is 5.20. The van der Waals surface area contributed by atoms with Gasteiger partial charge < -0.3 is 19.0 Å². The average Bonchev–Trinajstić information content (AvgIpc) is 3.26. The Morgan fingerprint density at radius 2 is 1.96 bits per heavy atom. The van der Waals surface area contributed by atoms with Crippen LogP contribution in [0.5, 0.6) is 0 Å². The first-order chi connectivity index (χ1) is 13.5. The Morgan fingerprint density at radius 3 is 2.64 bits per heavy atom. The molecule has 0 amide bonds. The van der Waals surface area contributed by atoms with Crippen LogP contribution in [0.3, 0.4) is 0 Å². The van der Waals surface area contributed by atoms with E-state index in [1.54, 1.807) is 0 Å². The maximum atomic E-state index is 6.14. The van der Waals surface area contributed by atoms with E-state index in [9.17, 15) is 0 Å². The van der Waals surface area contributed by atoms with E-state index in [1.807, 2.05) is 13.8 Å². The first-order valence-electron chi connectivity index (χ1n) is 9.94. The highest BCUT2D eigenvalue weighted by molar-refractivity contribution is 5.91. The van der Waals surface area contributed by atoms with Crippen molar-refractivity contribution in [2.24, 2.45) is 0 Å².